The van der Waals surface area contributed by atoms with Crippen LogP contribution < -0.4 is 5.32 Å². The molecule has 5 nitrogen and oxygen atoms in total. The molecule has 0 fully saturated rings. The molecular formula is C12H19N3O2. The van der Waals surface area contributed by atoms with Crippen LogP contribution in [0.1, 0.15) is 27.7 Å². The first-order valence-electron chi connectivity index (χ1n) is 5.67. The maximum atomic E-state index is 10.5. The quantitative estimate of drug-likeness (QED) is 0.631. The number of pyridine rings is 1. The summed E-state index contributed by atoms with van der Waals surface area (Å²) in [6, 6.07) is 3.09. The van der Waals surface area contributed by atoms with E-state index in [0.717, 1.165) is 6.54 Å². The van der Waals surface area contributed by atoms with Gasteiger partial charge in [0.2, 0.25) is 0 Å². The molecule has 0 bridgehead atoms. The number of anilines is 1. The number of nitrogens with zero attached hydrogens (tertiary/aromatic N) is 2. The Balaban J connectivity index is 2.62. The molecule has 1 rings (SSSR count). The van der Waals surface area contributed by atoms with E-state index in [4.69, 9.17) is 0 Å². The van der Waals surface area contributed by atoms with Crippen LogP contribution in [-0.2, 0) is 0 Å². The molecule has 0 unspecified atom stereocenters. The number of nitrogens with one attached hydrogen (secondary N) is 1. The first kappa shape index (κ1) is 13.4. The Morgan fingerprint density at radius 2 is 2.12 bits per heavy atom. The molecule has 0 saturated carbocycles. The van der Waals surface area contributed by atoms with Crippen LogP contribution in [0.2, 0.25) is 0 Å². The average molecular weight is 237 g/mol. The summed E-state index contributed by atoms with van der Waals surface area (Å²) in [5, 5.41) is 13.7. The van der Waals surface area contributed by atoms with E-state index in [1.807, 2.05) is 0 Å². The van der Waals surface area contributed by atoms with Gasteiger partial charge in [0, 0.05) is 12.6 Å². The van der Waals surface area contributed by atoms with Gasteiger partial charge in [0.15, 0.2) is 0 Å². The van der Waals surface area contributed by atoms with Gasteiger partial charge in [-0.05, 0) is 17.4 Å². The van der Waals surface area contributed by atoms with Gasteiger partial charge in [-0.1, -0.05) is 27.7 Å². The van der Waals surface area contributed by atoms with E-state index >= 15 is 0 Å². The van der Waals surface area contributed by atoms with Crippen molar-refractivity contribution >= 4 is 11.5 Å². The normalized spacial score (nSPS) is 11.6. The zero-order chi connectivity index (χ0) is 13.1. The molecule has 1 aromatic heterocycles. The summed E-state index contributed by atoms with van der Waals surface area (Å²) >= 11 is 0. The summed E-state index contributed by atoms with van der Waals surface area (Å²) in [7, 11) is 0. The van der Waals surface area contributed by atoms with Gasteiger partial charge in [-0.3, -0.25) is 10.1 Å². The maximum Gasteiger partial charge on any atom is 0.287 e. The fraction of sp³-hybridized carbons (Fsp3) is 0.583. The van der Waals surface area contributed by atoms with Gasteiger partial charge >= 0.3 is 0 Å². The molecule has 0 aliphatic rings. The average Bonchev–Trinajstić information content (AvgIpc) is 2.27. The molecule has 5 heteroatoms. The van der Waals surface area contributed by atoms with E-state index in [1.54, 1.807) is 6.07 Å². The predicted molar refractivity (Wildman–Crippen MR) is 68.0 cm³/mol. The lowest BCUT2D eigenvalue weighted by Gasteiger charge is -2.29. The van der Waals surface area contributed by atoms with Crippen molar-refractivity contribution in [3.05, 3.63) is 28.4 Å². The predicted octanol–water partition coefficient (Wildman–Crippen LogP) is 3.08. The molecule has 0 saturated heterocycles. The molecule has 0 radical (unpaired) electrons. The SMILES string of the molecule is CC(C)C(C)(C)CNc1ccc([N+](=O)[O-])cn1. The second kappa shape index (κ2) is 5.12. The molecule has 0 aromatic carbocycles. The van der Waals surface area contributed by atoms with Crippen molar-refractivity contribution in [3.63, 3.8) is 0 Å². The minimum atomic E-state index is -0.450. The van der Waals surface area contributed by atoms with E-state index in [1.165, 1.54) is 12.3 Å². The Labute approximate surface area is 101 Å². The van der Waals surface area contributed by atoms with Crippen LogP contribution in [0.5, 0.6) is 0 Å². The minimum Gasteiger partial charge on any atom is -0.370 e. The molecule has 17 heavy (non-hydrogen) atoms. The molecule has 1 N–H and O–H groups in total. The molecule has 0 amide bonds. The molecular weight excluding hydrogens is 218 g/mol. The van der Waals surface area contributed by atoms with E-state index in [9.17, 15) is 10.1 Å². The maximum absolute atomic E-state index is 10.5. The molecule has 1 heterocycles. The Morgan fingerprint density at radius 3 is 2.53 bits per heavy atom. The second-order valence-electron chi connectivity index (χ2n) is 5.16. The third-order valence-electron chi connectivity index (χ3n) is 3.25. The van der Waals surface area contributed by atoms with Crippen molar-refractivity contribution in [2.24, 2.45) is 11.3 Å². The highest BCUT2D eigenvalue weighted by atomic mass is 16.6. The van der Waals surface area contributed by atoms with Crippen molar-refractivity contribution in [2.75, 3.05) is 11.9 Å². The summed E-state index contributed by atoms with van der Waals surface area (Å²) in [4.78, 5) is 14.0. The van der Waals surface area contributed by atoms with Gasteiger partial charge in [-0.2, -0.15) is 0 Å². The third kappa shape index (κ3) is 3.69. The molecule has 0 atom stereocenters. The summed E-state index contributed by atoms with van der Waals surface area (Å²) in [6.45, 7) is 9.48. The highest BCUT2D eigenvalue weighted by Gasteiger charge is 2.22. The van der Waals surface area contributed by atoms with Gasteiger partial charge in [-0.25, -0.2) is 4.98 Å². The van der Waals surface area contributed by atoms with Crippen molar-refractivity contribution in [1.29, 1.82) is 0 Å². The first-order valence-corrected chi connectivity index (χ1v) is 5.67. The largest absolute Gasteiger partial charge is 0.370 e. The van der Waals surface area contributed by atoms with Crippen LogP contribution in [0.4, 0.5) is 11.5 Å². The Hall–Kier alpha value is -1.65. The smallest absolute Gasteiger partial charge is 0.287 e. The summed E-state index contributed by atoms with van der Waals surface area (Å²) in [5.74, 6) is 1.22. The highest BCUT2D eigenvalue weighted by molar-refractivity contribution is 5.40. The van der Waals surface area contributed by atoms with E-state index in [-0.39, 0.29) is 11.1 Å². The van der Waals surface area contributed by atoms with Crippen LogP contribution in [-0.4, -0.2) is 16.5 Å². The second-order valence-corrected chi connectivity index (χ2v) is 5.16. The van der Waals surface area contributed by atoms with E-state index < -0.39 is 4.92 Å². The molecule has 0 spiro atoms. The lowest BCUT2D eigenvalue weighted by Crippen LogP contribution is -2.28. The Bertz CT molecular complexity index is 385. The number of hydrogen-bond acceptors (Lipinski definition) is 4. The van der Waals surface area contributed by atoms with Gasteiger partial charge in [-0.15, -0.1) is 0 Å². The van der Waals surface area contributed by atoms with Crippen molar-refractivity contribution in [3.8, 4) is 0 Å². The van der Waals surface area contributed by atoms with Crippen LogP contribution >= 0.6 is 0 Å². The molecule has 0 aliphatic heterocycles. The highest BCUT2D eigenvalue weighted by Crippen LogP contribution is 2.26. The van der Waals surface area contributed by atoms with E-state index in [2.05, 4.69) is 38.0 Å². The number of aromatic nitrogens is 1. The third-order valence-corrected chi connectivity index (χ3v) is 3.25. The monoisotopic (exact) mass is 237 g/mol. The lowest BCUT2D eigenvalue weighted by molar-refractivity contribution is -0.385. The van der Waals surface area contributed by atoms with Crippen molar-refractivity contribution in [1.82, 2.24) is 4.98 Å². The minimum absolute atomic E-state index is 0.0127. The van der Waals surface area contributed by atoms with Crippen LogP contribution in [0.3, 0.4) is 0 Å². The van der Waals surface area contributed by atoms with Gasteiger partial charge in [0.25, 0.3) is 5.69 Å². The fourth-order valence-electron chi connectivity index (χ4n) is 1.12. The zero-order valence-electron chi connectivity index (χ0n) is 10.7. The van der Waals surface area contributed by atoms with Crippen LogP contribution in [0, 0.1) is 21.4 Å². The van der Waals surface area contributed by atoms with Crippen molar-refractivity contribution < 1.29 is 4.92 Å². The van der Waals surface area contributed by atoms with Gasteiger partial charge in [0.05, 0.1) is 4.92 Å². The van der Waals surface area contributed by atoms with Gasteiger partial charge < -0.3 is 5.32 Å². The van der Waals surface area contributed by atoms with Crippen LogP contribution in [0.15, 0.2) is 18.3 Å². The number of nitro groups is 1. The zero-order valence-corrected chi connectivity index (χ0v) is 10.7. The lowest BCUT2D eigenvalue weighted by atomic mass is 9.81. The Kier molecular flexibility index (Phi) is 4.04. The van der Waals surface area contributed by atoms with Crippen molar-refractivity contribution in [2.45, 2.75) is 27.7 Å². The topological polar surface area (TPSA) is 68.1 Å². The molecule has 94 valence electrons. The molecule has 1 aromatic rings. The molecule has 0 aliphatic carbocycles. The van der Waals surface area contributed by atoms with Crippen LogP contribution in [0.25, 0.3) is 0 Å². The fourth-order valence-corrected chi connectivity index (χ4v) is 1.12. The number of rotatable bonds is 5. The summed E-state index contributed by atoms with van der Waals surface area (Å²) in [5.41, 5.74) is 0.169. The van der Waals surface area contributed by atoms with Gasteiger partial charge in [0.1, 0.15) is 12.0 Å². The summed E-state index contributed by atoms with van der Waals surface area (Å²) in [6.07, 6.45) is 1.27. The number of hydrogen-bond donors (Lipinski definition) is 1. The first-order chi connectivity index (χ1) is 7.83. The Morgan fingerprint density at radius 1 is 1.47 bits per heavy atom. The van der Waals surface area contributed by atoms with E-state index in [0.29, 0.717) is 11.7 Å². The summed E-state index contributed by atoms with van der Waals surface area (Å²) < 4.78 is 0. The standard InChI is InChI=1S/C12H19N3O2/c1-9(2)12(3,4)8-14-11-6-5-10(7-13-11)15(16)17/h5-7,9H,8H2,1-4H3,(H,13,14).